The molecule has 1 N–H and O–H groups in total. The van der Waals surface area contributed by atoms with Crippen LogP contribution in [0.3, 0.4) is 0 Å². The largest absolute Gasteiger partial charge is 0.391 e. The number of rotatable bonds is 3. The van der Waals surface area contributed by atoms with Crippen molar-refractivity contribution in [1.29, 1.82) is 0 Å². The molecule has 1 atom stereocenters. The van der Waals surface area contributed by atoms with Crippen LogP contribution in [0.5, 0.6) is 0 Å². The lowest BCUT2D eigenvalue weighted by atomic mass is 10.3. The Kier molecular flexibility index (Phi) is 3.63. The van der Waals surface area contributed by atoms with E-state index >= 15 is 0 Å². The zero-order chi connectivity index (χ0) is 8.20. The van der Waals surface area contributed by atoms with Crippen molar-refractivity contribution in [3.05, 3.63) is 0 Å². The lowest BCUT2D eigenvalue weighted by molar-refractivity contribution is -0.145. The molecule has 10 heavy (non-hydrogen) atoms. The summed E-state index contributed by atoms with van der Waals surface area (Å²) < 4.78 is 46.2. The van der Waals surface area contributed by atoms with Gasteiger partial charge in [-0.3, -0.25) is 0 Å². The van der Waals surface area contributed by atoms with Crippen molar-refractivity contribution < 1.29 is 17.6 Å². The van der Waals surface area contributed by atoms with Gasteiger partial charge in [-0.1, -0.05) is 0 Å². The maximum absolute atomic E-state index is 12.1. The Balaban J connectivity index is 3.47. The van der Waals surface area contributed by atoms with Gasteiger partial charge in [0.1, 0.15) is 6.17 Å². The highest BCUT2D eigenvalue weighted by Crippen LogP contribution is 2.22. The number of hydrogen-bond acceptors (Lipinski definition) is 1. The molecule has 0 heterocycles. The average Bonchev–Trinajstić information content (AvgIpc) is 1.59. The molecule has 0 radical (unpaired) electrons. The van der Waals surface area contributed by atoms with Crippen LogP contribution in [0.2, 0.25) is 0 Å². The molecule has 0 aliphatic heterocycles. The lowest BCUT2D eigenvalue weighted by Crippen LogP contribution is -2.25. The van der Waals surface area contributed by atoms with Crippen LogP contribution in [0.25, 0.3) is 0 Å². The first-order chi connectivity index (χ1) is 4.45. The topological polar surface area (TPSA) is 12.0 Å². The van der Waals surface area contributed by atoms with Crippen molar-refractivity contribution >= 4 is 0 Å². The second-order valence-corrected chi connectivity index (χ2v) is 1.97. The highest BCUT2D eigenvalue weighted by atomic mass is 19.4. The van der Waals surface area contributed by atoms with Crippen LogP contribution in [0.1, 0.15) is 6.42 Å². The Morgan fingerprint density at radius 3 is 2.20 bits per heavy atom. The molecule has 0 saturated carbocycles. The van der Waals surface area contributed by atoms with E-state index in [1.165, 1.54) is 7.05 Å². The Hall–Kier alpha value is -0.320. The van der Waals surface area contributed by atoms with Crippen LogP contribution < -0.4 is 5.32 Å². The molecule has 0 aromatic carbocycles. The van der Waals surface area contributed by atoms with E-state index in [9.17, 15) is 17.6 Å². The number of hydrogen-bond donors (Lipinski definition) is 1. The van der Waals surface area contributed by atoms with E-state index in [1.54, 1.807) is 0 Å². The Labute approximate surface area is 56.4 Å². The average molecular weight is 159 g/mol. The third kappa shape index (κ3) is 5.81. The van der Waals surface area contributed by atoms with Gasteiger partial charge in [-0.05, 0) is 7.05 Å². The monoisotopic (exact) mass is 159 g/mol. The fourth-order valence-corrected chi connectivity index (χ4v) is 0.545. The van der Waals surface area contributed by atoms with Crippen molar-refractivity contribution in [3.8, 4) is 0 Å². The molecule has 62 valence electrons. The molecule has 0 amide bonds. The fraction of sp³-hybridized carbons (Fsp3) is 1.00. The molecule has 0 aliphatic carbocycles. The van der Waals surface area contributed by atoms with Gasteiger partial charge in [-0.25, -0.2) is 4.39 Å². The zero-order valence-corrected chi connectivity index (χ0v) is 5.50. The maximum Gasteiger partial charge on any atom is 0.391 e. The predicted molar refractivity (Wildman–Crippen MR) is 29.5 cm³/mol. The van der Waals surface area contributed by atoms with E-state index < -0.39 is 18.8 Å². The van der Waals surface area contributed by atoms with Crippen molar-refractivity contribution in [2.24, 2.45) is 0 Å². The third-order valence-electron chi connectivity index (χ3n) is 0.879. The molecule has 0 unspecified atom stereocenters. The summed E-state index contributed by atoms with van der Waals surface area (Å²) in [4.78, 5) is 0. The number of halogens is 4. The first-order valence-corrected chi connectivity index (χ1v) is 2.81. The molecule has 0 aromatic heterocycles. The molecule has 5 heteroatoms. The summed E-state index contributed by atoms with van der Waals surface area (Å²) in [5, 5.41) is 2.32. The molecule has 1 nitrogen and oxygen atoms in total. The Morgan fingerprint density at radius 1 is 1.40 bits per heavy atom. The van der Waals surface area contributed by atoms with E-state index in [2.05, 4.69) is 5.32 Å². The minimum atomic E-state index is -4.39. The van der Waals surface area contributed by atoms with Crippen molar-refractivity contribution in [2.75, 3.05) is 13.6 Å². The zero-order valence-electron chi connectivity index (χ0n) is 5.50. The van der Waals surface area contributed by atoms with E-state index in [-0.39, 0.29) is 6.54 Å². The minimum Gasteiger partial charge on any atom is -0.317 e. The van der Waals surface area contributed by atoms with Gasteiger partial charge < -0.3 is 5.32 Å². The molecule has 0 aliphatic rings. The van der Waals surface area contributed by atoms with Gasteiger partial charge in [0.15, 0.2) is 0 Å². The fourth-order valence-electron chi connectivity index (χ4n) is 0.545. The van der Waals surface area contributed by atoms with Gasteiger partial charge in [0.25, 0.3) is 0 Å². The summed E-state index contributed by atoms with van der Waals surface area (Å²) >= 11 is 0. The quantitative estimate of drug-likeness (QED) is 0.615. The van der Waals surface area contributed by atoms with Crippen molar-refractivity contribution in [1.82, 2.24) is 5.32 Å². The lowest BCUT2D eigenvalue weighted by Gasteiger charge is -2.09. The number of alkyl halides is 4. The van der Waals surface area contributed by atoms with Gasteiger partial charge in [0.2, 0.25) is 0 Å². The van der Waals surface area contributed by atoms with Gasteiger partial charge >= 0.3 is 6.18 Å². The second kappa shape index (κ2) is 3.75. The number of nitrogens with one attached hydrogen (secondary N) is 1. The van der Waals surface area contributed by atoms with Gasteiger partial charge in [0.05, 0.1) is 6.42 Å². The summed E-state index contributed by atoms with van der Waals surface area (Å²) in [5.41, 5.74) is 0. The first kappa shape index (κ1) is 9.68. The van der Waals surface area contributed by atoms with Crippen LogP contribution in [0.15, 0.2) is 0 Å². The van der Waals surface area contributed by atoms with Gasteiger partial charge in [-0.2, -0.15) is 13.2 Å². The van der Waals surface area contributed by atoms with E-state index in [4.69, 9.17) is 0 Å². The van der Waals surface area contributed by atoms with E-state index in [0.29, 0.717) is 0 Å². The normalized spacial score (nSPS) is 15.3. The molecule has 0 fully saturated rings. The predicted octanol–water partition coefficient (Wildman–Crippen LogP) is 1.50. The van der Waals surface area contributed by atoms with Crippen LogP contribution in [0, 0.1) is 0 Å². The summed E-state index contributed by atoms with van der Waals surface area (Å²) in [5.74, 6) is 0. The SMILES string of the molecule is CNC[C@H](F)CC(F)(F)F. The van der Waals surface area contributed by atoms with Crippen molar-refractivity contribution in [3.63, 3.8) is 0 Å². The molecule has 0 spiro atoms. The van der Waals surface area contributed by atoms with Crippen molar-refractivity contribution in [2.45, 2.75) is 18.8 Å². The Bertz CT molecular complexity index is 90.1. The van der Waals surface area contributed by atoms with Crippen LogP contribution in [0.4, 0.5) is 17.6 Å². The van der Waals surface area contributed by atoms with E-state index in [1.807, 2.05) is 0 Å². The van der Waals surface area contributed by atoms with E-state index in [0.717, 1.165) is 0 Å². The summed E-state index contributed by atoms with van der Waals surface area (Å²) in [7, 11) is 1.41. The molecule has 0 saturated heterocycles. The molecule has 0 bridgehead atoms. The first-order valence-electron chi connectivity index (χ1n) is 2.81. The molecule has 0 aromatic rings. The second-order valence-electron chi connectivity index (χ2n) is 1.97. The molecule has 0 rings (SSSR count). The van der Waals surface area contributed by atoms with Gasteiger partial charge in [-0.15, -0.1) is 0 Å². The smallest absolute Gasteiger partial charge is 0.317 e. The Morgan fingerprint density at radius 2 is 1.90 bits per heavy atom. The van der Waals surface area contributed by atoms with Gasteiger partial charge in [0, 0.05) is 6.54 Å². The summed E-state index contributed by atoms with van der Waals surface area (Å²) in [6.45, 7) is -0.250. The summed E-state index contributed by atoms with van der Waals surface area (Å²) in [6.07, 6.45) is -7.59. The minimum absolute atomic E-state index is 0.250. The molecular weight excluding hydrogens is 150 g/mol. The molecular formula is C5H9F4N. The standard InChI is InChI=1S/C5H9F4N/c1-10-3-4(6)2-5(7,8)9/h4,10H,2-3H2,1H3/t4-/m1/s1. The maximum atomic E-state index is 12.1. The van der Waals surface area contributed by atoms with Crippen LogP contribution in [-0.2, 0) is 0 Å². The third-order valence-corrected chi connectivity index (χ3v) is 0.879. The van der Waals surface area contributed by atoms with Crippen LogP contribution >= 0.6 is 0 Å². The summed E-state index contributed by atoms with van der Waals surface area (Å²) in [6, 6.07) is 0. The van der Waals surface area contributed by atoms with Crippen LogP contribution in [-0.4, -0.2) is 25.9 Å². The highest BCUT2D eigenvalue weighted by molar-refractivity contribution is 4.63. The highest BCUT2D eigenvalue weighted by Gasteiger charge is 2.31.